The first-order valence-electron chi connectivity index (χ1n) is 6.55. The van der Waals surface area contributed by atoms with Crippen molar-refractivity contribution in [2.24, 2.45) is 22.2 Å². The number of nitrogens with zero attached hydrogens (tertiary/aromatic N) is 2. The van der Waals surface area contributed by atoms with E-state index in [0.717, 1.165) is 4.90 Å². The molecule has 0 radical (unpaired) electrons. The minimum absolute atomic E-state index is 0.172. The molecule has 5 nitrogen and oxygen atoms in total. The van der Waals surface area contributed by atoms with Crippen molar-refractivity contribution in [3.8, 4) is 0 Å². The Hall–Kier alpha value is -1.47. The van der Waals surface area contributed by atoms with Gasteiger partial charge in [0.15, 0.2) is 5.84 Å². The predicted octanol–water partition coefficient (Wildman–Crippen LogP) is 1.70. The number of rotatable bonds is 4. The molecular weight excluding hydrogens is 275 g/mol. The molecule has 0 spiro atoms. The number of nitrogens with two attached hydrogens (primary N) is 1. The van der Waals surface area contributed by atoms with Crippen molar-refractivity contribution in [1.29, 1.82) is 0 Å². The zero-order chi connectivity index (χ0) is 15.1. The molecule has 2 aliphatic rings. The van der Waals surface area contributed by atoms with E-state index in [1.165, 1.54) is 0 Å². The second-order valence-electron chi connectivity index (χ2n) is 5.86. The highest BCUT2D eigenvalue weighted by Gasteiger charge is 2.56. The van der Waals surface area contributed by atoms with Gasteiger partial charge >= 0.3 is 6.18 Å². The molecule has 3 N–H and O–H groups in total. The number of carbonyl (C=O) groups is 1. The first-order valence-corrected chi connectivity index (χ1v) is 6.55. The highest BCUT2D eigenvalue weighted by Crippen LogP contribution is 2.48. The summed E-state index contributed by atoms with van der Waals surface area (Å²) in [6.07, 6.45) is -2.65. The SMILES string of the molecule is CC1CC(C(=O)N(CC(F)(F)F)C2CC2)(C(N)=NO)C1. The third kappa shape index (κ3) is 2.69. The molecule has 0 aromatic rings. The first-order chi connectivity index (χ1) is 9.19. The number of hydrogen-bond acceptors (Lipinski definition) is 3. The van der Waals surface area contributed by atoms with Gasteiger partial charge in [-0.2, -0.15) is 13.2 Å². The summed E-state index contributed by atoms with van der Waals surface area (Å²) in [5.74, 6) is -0.773. The molecule has 2 saturated carbocycles. The van der Waals surface area contributed by atoms with Crippen molar-refractivity contribution in [3.05, 3.63) is 0 Å². The van der Waals surface area contributed by atoms with Gasteiger partial charge in [-0.25, -0.2) is 0 Å². The van der Waals surface area contributed by atoms with Gasteiger partial charge in [0.05, 0.1) is 0 Å². The Morgan fingerprint density at radius 2 is 2.00 bits per heavy atom. The predicted molar refractivity (Wildman–Crippen MR) is 65.0 cm³/mol. The van der Waals surface area contributed by atoms with Crippen LogP contribution in [-0.2, 0) is 4.79 Å². The molecule has 2 fully saturated rings. The van der Waals surface area contributed by atoms with Crippen molar-refractivity contribution in [1.82, 2.24) is 4.90 Å². The quantitative estimate of drug-likeness (QED) is 0.358. The molecule has 114 valence electrons. The van der Waals surface area contributed by atoms with Crippen LogP contribution in [0.1, 0.15) is 32.6 Å². The molecular formula is C12H18F3N3O2. The van der Waals surface area contributed by atoms with Crippen molar-refractivity contribution >= 4 is 11.7 Å². The number of amides is 1. The highest BCUT2D eigenvalue weighted by molar-refractivity contribution is 6.07. The molecule has 0 atom stereocenters. The van der Waals surface area contributed by atoms with Gasteiger partial charge in [-0.05, 0) is 31.6 Å². The van der Waals surface area contributed by atoms with E-state index in [1.807, 2.05) is 6.92 Å². The molecule has 20 heavy (non-hydrogen) atoms. The van der Waals surface area contributed by atoms with E-state index in [2.05, 4.69) is 5.16 Å². The zero-order valence-electron chi connectivity index (χ0n) is 11.2. The lowest BCUT2D eigenvalue weighted by atomic mass is 9.61. The van der Waals surface area contributed by atoms with Crippen molar-refractivity contribution < 1.29 is 23.2 Å². The second-order valence-corrected chi connectivity index (χ2v) is 5.86. The number of alkyl halides is 3. The summed E-state index contributed by atoms with van der Waals surface area (Å²) in [7, 11) is 0. The Morgan fingerprint density at radius 1 is 1.45 bits per heavy atom. The largest absolute Gasteiger partial charge is 0.409 e. The Labute approximate surface area is 114 Å². The molecule has 0 unspecified atom stereocenters. The summed E-state index contributed by atoms with van der Waals surface area (Å²) < 4.78 is 37.9. The highest BCUT2D eigenvalue weighted by atomic mass is 19.4. The first kappa shape index (κ1) is 14.9. The fourth-order valence-electron chi connectivity index (χ4n) is 2.94. The summed E-state index contributed by atoms with van der Waals surface area (Å²) in [5, 5.41) is 11.7. The molecule has 8 heteroatoms. The minimum Gasteiger partial charge on any atom is -0.409 e. The summed E-state index contributed by atoms with van der Waals surface area (Å²) in [6.45, 7) is 0.604. The van der Waals surface area contributed by atoms with Crippen LogP contribution in [0.5, 0.6) is 0 Å². The number of hydrogen-bond donors (Lipinski definition) is 2. The topological polar surface area (TPSA) is 78.9 Å². The van der Waals surface area contributed by atoms with E-state index in [1.54, 1.807) is 0 Å². The van der Waals surface area contributed by atoms with Crippen LogP contribution >= 0.6 is 0 Å². The maximum absolute atomic E-state index is 12.6. The Morgan fingerprint density at radius 3 is 2.35 bits per heavy atom. The number of amidine groups is 1. The van der Waals surface area contributed by atoms with Crippen molar-refractivity contribution in [3.63, 3.8) is 0 Å². The van der Waals surface area contributed by atoms with E-state index >= 15 is 0 Å². The van der Waals surface area contributed by atoms with E-state index < -0.39 is 24.0 Å². The molecule has 0 aromatic heterocycles. The Kier molecular flexibility index (Phi) is 3.60. The van der Waals surface area contributed by atoms with Gasteiger partial charge < -0.3 is 15.8 Å². The van der Waals surface area contributed by atoms with Crippen LogP contribution in [0, 0.1) is 11.3 Å². The lowest BCUT2D eigenvalue weighted by Gasteiger charge is -2.46. The van der Waals surface area contributed by atoms with Crippen molar-refractivity contribution in [2.75, 3.05) is 6.54 Å². The molecule has 0 aromatic carbocycles. The number of oxime groups is 1. The molecule has 2 aliphatic carbocycles. The molecule has 0 bridgehead atoms. The van der Waals surface area contributed by atoms with Gasteiger partial charge in [-0.15, -0.1) is 0 Å². The van der Waals surface area contributed by atoms with E-state index in [0.29, 0.717) is 25.7 Å². The fraction of sp³-hybridized carbons (Fsp3) is 0.833. The summed E-state index contributed by atoms with van der Waals surface area (Å²) in [6, 6.07) is -0.372. The molecule has 0 aliphatic heterocycles. The fourth-order valence-corrected chi connectivity index (χ4v) is 2.94. The summed E-state index contributed by atoms with van der Waals surface area (Å²) in [5.41, 5.74) is 4.31. The van der Waals surface area contributed by atoms with Crippen LogP contribution in [0.2, 0.25) is 0 Å². The van der Waals surface area contributed by atoms with Crippen molar-refractivity contribution in [2.45, 2.75) is 44.8 Å². The lowest BCUT2D eigenvalue weighted by Crippen LogP contribution is -2.59. The minimum atomic E-state index is -4.44. The number of carbonyl (C=O) groups excluding carboxylic acids is 1. The molecule has 0 heterocycles. The van der Waals surface area contributed by atoms with Gasteiger partial charge in [0.1, 0.15) is 12.0 Å². The van der Waals surface area contributed by atoms with E-state index in [9.17, 15) is 18.0 Å². The van der Waals surface area contributed by atoms with Crippen LogP contribution in [0.3, 0.4) is 0 Å². The lowest BCUT2D eigenvalue weighted by molar-refractivity contribution is -0.170. The van der Waals surface area contributed by atoms with Gasteiger partial charge in [-0.3, -0.25) is 4.79 Å². The Bertz CT molecular complexity index is 426. The average molecular weight is 293 g/mol. The van der Waals surface area contributed by atoms with Gasteiger partial charge in [-0.1, -0.05) is 12.1 Å². The van der Waals surface area contributed by atoms with Crippen LogP contribution in [0.4, 0.5) is 13.2 Å². The Balaban J connectivity index is 2.21. The zero-order valence-corrected chi connectivity index (χ0v) is 11.2. The third-order valence-corrected chi connectivity index (χ3v) is 4.00. The van der Waals surface area contributed by atoms with Gasteiger partial charge in [0.2, 0.25) is 5.91 Å². The smallest absolute Gasteiger partial charge is 0.406 e. The van der Waals surface area contributed by atoms with E-state index in [4.69, 9.17) is 10.9 Å². The molecule has 1 amide bonds. The van der Waals surface area contributed by atoms with E-state index in [-0.39, 0.29) is 17.8 Å². The summed E-state index contributed by atoms with van der Waals surface area (Å²) >= 11 is 0. The van der Waals surface area contributed by atoms with Crippen LogP contribution in [0.15, 0.2) is 5.16 Å². The standard InChI is InChI=1S/C12H18F3N3O2/c1-7-4-11(5-7,9(16)17-20)10(19)18(8-2-3-8)6-12(13,14)15/h7-8,20H,2-6H2,1H3,(H2,16,17). The normalized spacial score (nSPS) is 30.8. The van der Waals surface area contributed by atoms with Crippen LogP contribution < -0.4 is 5.73 Å². The van der Waals surface area contributed by atoms with Crippen LogP contribution in [-0.4, -0.2) is 40.6 Å². The van der Waals surface area contributed by atoms with Gasteiger partial charge in [0.25, 0.3) is 0 Å². The maximum Gasteiger partial charge on any atom is 0.406 e. The number of halogens is 3. The molecule has 0 saturated heterocycles. The van der Waals surface area contributed by atoms with Gasteiger partial charge in [0, 0.05) is 6.04 Å². The summed E-state index contributed by atoms with van der Waals surface area (Å²) in [4.78, 5) is 13.4. The maximum atomic E-state index is 12.6. The second kappa shape index (κ2) is 4.82. The average Bonchev–Trinajstić information content (AvgIpc) is 3.12. The molecule has 2 rings (SSSR count). The monoisotopic (exact) mass is 293 g/mol. The third-order valence-electron chi connectivity index (χ3n) is 4.00. The van der Waals surface area contributed by atoms with Crippen LogP contribution in [0.25, 0.3) is 0 Å².